The van der Waals surface area contributed by atoms with Gasteiger partial charge in [0.2, 0.25) is 0 Å². The highest BCUT2D eigenvalue weighted by Crippen LogP contribution is 2.33. The molecule has 22 heavy (non-hydrogen) atoms. The summed E-state index contributed by atoms with van der Waals surface area (Å²) in [6.07, 6.45) is 1.05. The molecule has 3 nitrogen and oxygen atoms in total. The van der Waals surface area contributed by atoms with E-state index in [0.717, 1.165) is 46.6 Å². The van der Waals surface area contributed by atoms with Gasteiger partial charge in [0.25, 0.3) is 5.91 Å². The third-order valence-electron chi connectivity index (χ3n) is 4.16. The first-order valence-corrected chi connectivity index (χ1v) is 8.04. The molecule has 1 amide bonds. The molecule has 3 rings (SSSR count). The van der Waals surface area contributed by atoms with Gasteiger partial charge >= 0.3 is 0 Å². The number of benzene rings is 1. The molecule has 120 valence electrons. The average Bonchev–Trinajstić information content (AvgIpc) is 3.05. The fourth-order valence-corrected chi connectivity index (χ4v) is 4.17. The molecule has 2 aromatic rings. The molecule has 1 aliphatic heterocycles. The zero-order valence-electron chi connectivity index (χ0n) is 12.7. The summed E-state index contributed by atoms with van der Waals surface area (Å²) in [5.74, 6) is 0.372. The van der Waals surface area contributed by atoms with Crippen molar-refractivity contribution in [1.82, 2.24) is 10.2 Å². The fraction of sp³-hybridized carbons (Fsp3) is 0.438. The van der Waals surface area contributed by atoms with Crippen molar-refractivity contribution in [3.63, 3.8) is 0 Å². The van der Waals surface area contributed by atoms with Crippen LogP contribution >= 0.6 is 23.7 Å². The van der Waals surface area contributed by atoms with E-state index in [2.05, 4.69) is 5.32 Å². The highest BCUT2D eigenvalue weighted by atomic mass is 35.5. The molecule has 1 saturated heterocycles. The molecule has 1 fully saturated rings. The largest absolute Gasteiger partial charge is 0.338 e. The summed E-state index contributed by atoms with van der Waals surface area (Å²) in [7, 11) is 1.94. The second kappa shape index (κ2) is 6.94. The van der Waals surface area contributed by atoms with Crippen molar-refractivity contribution in [3.05, 3.63) is 34.5 Å². The van der Waals surface area contributed by atoms with Crippen LogP contribution in [0.25, 0.3) is 10.1 Å². The molecular weight excluding hydrogens is 323 g/mol. The van der Waals surface area contributed by atoms with E-state index >= 15 is 0 Å². The number of carbonyl (C=O) groups is 1. The lowest BCUT2D eigenvalue weighted by atomic mass is 10.1. The van der Waals surface area contributed by atoms with Crippen LogP contribution in [0, 0.1) is 18.7 Å². The van der Waals surface area contributed by atoms with Gasteiger partial charge in [-0.2, -0.15) is 0 Å². The first-order valence-electron chi connectivity index (χ1n) is 7.22. The Morgan fingerprint density at radius 3 is 3.00 bits per heavy atom. The van der Waals surface area contributed by atoms with Crippen molar-refractivity contribution in [1.29, 1.82) is 0 Å². The minimum Gasteiger partial charge on any atom is -0.338 e. The van der Waals surface area contributed by atoms with Gasteiger partial charge in [-0.3, -0.25) is 4.79 Å². The highest BCUT2D eigenvalue weighted by molar-refractivity contribution is 7.21. The number of carbonyl (C=O) groups excluding carboxylic acids is 1. The Morgan fingerprint density at radius 2 is 2.27 bits per heavy atom. The molecule has 1 N–H and O–H groups in total. The number of likely N-dealkylation sites (tertiary alicyclic amines) is 1. The Hall–Kier alpha value is -1.17. The molecule has 1 aromatic carbocycles. The first-order chi connectivity index (χ1) is 10.1. The lowest BCUT2D eigenvalue weighted by Crippen LogP contribution is -2.30. The number of halogens is 2. The summed E-state index contributed by atoms with van der Waals surface area (Å²) in [6.45, 7) is 4.47. The maximum Gasteiger partial charge on any atom is 0.264 e. The zero-order chi connectivity index (χ0) is 15.0. The van der Waals surface area contributed by atoms with E-state index in [1.807, 2.05) is 18.9 Å². The van der Waals surface area contributed by atoms with Crippen LogP contribution in [0.2, 0.25) is 0 Å². The van der Waals surface area contributed by atoms with Gasteiger partial charge in [-0.05, 0) is 62.0 Å². The first kappa shape index (κ1) is 17.2. The SMILES string of the molecule is CNCC1CCN(C(=O)c2sc3ccc(F)cc3c2C)C1.Cl. The van der Waals surface area contributed by atoms with Gasteiger partial charge in [0.15, 0.2) is 0 Å². The smallest absolute Gasteiger partial charge is 0.264 e. The third-order valence-corrected chi connectivity index (χ3v) is 5.42. The standard InChI is InChI=1S/C16H19FN2OS.ClH/c1-10-13-7-12(17)3-4-14(13)21-15(10)16(20)19-6-5-11(9-19)8-18-2;/h3-4,7,11,18H,5-6,8-9H2,1-2H3;1H. The van der Waals surface area contributed by atoms with Crippen molar-refractivity contribution in [2.75, 3.05) is 26.7 Å². The molecular formula is C16H20ClFN2OS. The molecule has 0 saturated carbocycles. The summed E-state index contributed by atoms with van der Waals surface area (Å²) < 4.78 is 14.3. The molecule has 1 unspecified atom stereocenters. The lowest BCUT2D eigenvalue weighted by Gasteiger charge is -2.16. The fourth-order valence-electron chi connectivity index (χ4n) is 3.01. The van der Waals surface area contributed by atoms with Gasteiger partial charge in [-0.15, -0.1) is 23.7 Å². The predicted octanol–water partition coefficient (Wildman–Crippen LogP) is 3.45. The van der Waals surface area contributed by atoms with E-state index in [0.29, 0.717) is 5.92 Å². The molecule has 0 spiro atoms. The molecule has 0 bridgehead atoms. The number of thiophene rings is 1. The molecule has 6 heteroatoms. The van der Waals surface area contributed by atoms with Crippen LogP contribution in [-0.4, -0.2) is 37.5 Å². The molecule has 1 aliphatic rings. The van der Waals surface area contributed by atoms with Crippen molar-refractivity contribution in [2.45, 2.75) is 13.3 Å². The second-order valence-electron chi connectivity index (χ2n) is 5.66. The molecule has 2 heterocycles. The van der Waals surface area contributed by atoms with Crippen molar-refractivity contribution in [2.24, 2.45) is 5.92 Å². The van der Waals surface area contributed by atoms with Gasteiger partial charge in [-0.1, -0.05) is 0 Å². The van der Waals surface area contributed by atoms with E-state index in [1.54, 1.807) is 6.07 Å². The van der Waals surface area contributed by atoms with Gasteiger partial charge in [0, 0.05) is 17.8 Å². The number of fused-ring (bicyclic) bond motifs is 1. The summed E-state index contributed by atoms with van der Waals surface area (Å²) in [6, 6.07) is 4.73. The number of amides is 1. The minimum atomic E-state index is -0.252. The normalized spacial score (nSPS) is 17.8. The van der Waals surface area contributed by atoms with Crippen molar-refractivity contribution in [3.8, 4) is 0 Å². The maximum absolute atomic E-state index is 13.4. The van der Waals surface area contributed by atoms with E-state index in [9.17, 15) is 9.18 Å². The Kier molecular flexibility index (Phi) is 5.42. The van der Waals surface area contributed by atoms with Crippen LogP contribution in [-0.2, 0) is 0 Å². The molecule has 0 aliphatic carbocycles. The van der Waals surface area contributed by atoms with Crippen molar-refractivity contribution < 1.29 is 9.18 Å². The Bertz CT molecular complexity index is 688. The summed E-state index contributed by atoms with van der Waals surface area (Å²) in [5, 5.41) is 4.03. The van der Waals surface area contributed by atoms with Crippen LogP contribution in [0.4, 0.5) is 4.39 Å². The summed E-state index contributed by atoms with van der Waals surface area (Å²) in [4.78, 5) is 15.4. The monoisotopic (exact) mass is 342 g/mol. The minimum absolute atomic E-state index is 0. The van der Waals surface area contributed by atoms with Gasteiger partial charge in [0.1, 0.15) is 5.82 Å². The van der Waals surface area contributed by atoms with Gasteiger partial charge < -0.3 is 10.2 Å². The quantitative estimate of drug-likeness (QED) is 0.926. The Morgan fingerprint density at radius 1 is 1.50 bits per heavy atom. The summed E-state index contributed by atoms with van der Waals surface area (Å²) >= 11 is 1.47. The van der Waals surface area contributed by atoms with Gasteiger partial charge in [0.05, 0.1) is 4.88 Å². The van der Waals surface area contributed by atoms with E-state index in [1.165, 1.54) is 23.5 Å². The zero-order valence-corrected chi connectivity index (χ0v) is 14.3. The van der Waals surface area contributed by atoms with Crippen LogP contribution in [0.5, 0.6) is 0 Å². The molecule has 0 radical (unpaired) electrons. The van der Waals surface area contributed by atoms with Crippen LogP contribution in [0.15, 0.2) is 18.2 Å². The Balaban J connectivity index is 0.00000176. The maximum atomic E-state index is 13.4. The number of rotatable bonds is 3. The highest BCUT2D eigenvalue weighted by Gasteiger charge is 2.28. The Labute approximate surface area is 139 Å². The van der Waals surface area contributed by atoms with Crippen LogP contribution < -0.4 is 5.32 Å². The van der Waals surface area contributed by atoms with Crippen LogP contribution in [0.3, 0.4) is 0 Å². The topological polar surface area (TPSA) is 32.3 Å². The number of hydrogen-bond donors (Lipinski definition) is 1. The van der Waals surface area contributed by atoms with Crippen LogP contribution in [0.1, 0.15) is 21.7 Å². The van der Waals surface area contributed by atoms with E-state index < -0.39 is 0 Å². The molecule has 1 aromatic heterocycles. The van der Waals surface area contributed by atoms with Crippen molar-refractivity contribution >= 4 is 39.7 Å². The number of nitrogens with zero attached hydrogens (tertiary/aromatic N) is 1. The third kappa shape index (κ3) is 3.12. The average molecular weight is 343 g/mol. The van der Waals surface area contributed by atoms with E-state index in [-0.39, 0.29) is 24.1 Å². The number of nitrogens with one attached hydrogen (secondary N) is 1. The number of hydrogen-bond acceptors (Lipinski definition) is 3. The summed E-state index contributed by atoms with van der Waals surface area (Å²) in [5.41, 5.74) is 0.900. The molecule has 1 atom stereocenters. The predicted molar refractivity (Wildman–Crippen MR) is 91.7 cm³/mol. The number of aryl methyl sites for hydroxylation is 1. The lowest BCUT2D eigenvalue weighted by molar-refractivity contribution is 0.0791. The second-order valence-corrected chi connectivity index (χ2v) is 6.71. The van der Waals surface area contributed by atoms with Gasteiger partial charge in [-0.25, -0.2) is 4.39 Å². The van der Waals surface area contributed by atoms with E-state index in [4.69, 9.17) is 0 Å².